The maximum atomic E-state index is 11.8. The summed E-state index contributed by atoms with van der Waals surface area (Å²) in [5, 5.41) is 3.18. The third-order valence-electron chi connectivity index (χ3n) is 3.11. The Balaban J connectivity index is 1.94. The summed E-state index contributed by atoms with van der Waals surface area (Å²) >= 11 is 0. The first-order chi connectivity index (χ1) is 7.63. The highest BCUT2D eigenvalue weighted by Crippen LogP contribution is 2.35. The molecule has 2 rings (SSSR count). The van der Waals surface area contributed by atoms with Gasteiger partial charge in [0.25, 0.3) is 0 Å². The van der Waals surface area contributed by atoms with Crippen molar-refractivity contribution < 1.29 is 9.53 Å². The quantitative estimate of drug-likeness (QED) is 0.790. The molecule has 1 N–H and O–H groups in total. The zero-order valence-corrected chi connectivity index (χ0v) is 9.69. The zero-order chi connectivity index (χ0) is 11.6. The van der Waals surface area contributed by atoms with Crippen molar-refractivity contribution in [1.82, 2.24) is 5.32 Å². The molecule has 0 unspecified atom stereocenters. The van der Waals surface area contributed by atoms with Crippen LogP contribution >= 0.6 is 0 Å². The van der Waals surface area contributed by atoms with Crippen LogP contribution in [0.5, 0.6) is 0 Å². The molecule has 1 aromatic carbocycles. The van der Waals surface area contributed by atoms with Gasteiger partial charge in [-0.05, 0) is 26.1 Å². The first kappa shape index (κ1) is 11.1. The van der Waals surface area contributed by atoms with Gasteiger partial charge in [-0.25, -0.2) is 4.79 Å². The van der Waals surface area contributed by atoms with E-state index >= 15 is 0 Å². The van der Waals surface area contributed by atoms with Crippen LogP contribution in [-0.2, 0) is 4.74 Å². The Morgan fingerprint density at radius 3 is 2.56 bits per heavy atom. The van der Waals surface area contributed by atoms with Crippen molar-refractivity contribution in [2.45, 2.75) is 31.4 Å². The van der Waals surface area contributed by atoms with Crippen LogP contribution in [0.3, 0.4) is 0 Å². The third kappa shape index (κ3) is 2.25. The summed E-state index contributed by atoms with van der Waals surface area (Å²) in [6.45, 7) is 1.99. The lowest BCUT2D eigenvalue weighted by molar-refractivity contribution is -0.0639. The maximum absolute atomic E-state index is 11.8. The Kier molecular flexibility index (Phi) is 2.97. The van der Waals surface area contributed by atoms with Gasteiger partial charge in [0.1, 0.15) is 5.60 Å². The van der Waals surface area contributed by atoms with Crippen molar-refractivity contribution in [2.24, 2.45) is 0 Å². The van der Waals surface area contributed by atoms with Gasteiger partial charge in [-0.3, -0.25) is 0 Å². The number of carbonyl (C=O) groups is 1. The van der Waals surface area contributed by atoms with Crippen LogP contribution in [0.4, 0.5) is 0 Å². The smallest absolute Gasteiger partial charge is 0.338 e. The van der Waals surface area contributed by atoms with E-state index in [1.165, 1.54) is 0 Å². The van der Waals surface area contributed by atoms with E-state index < -0.39 is 0 Å². The van der Waals surface area contributed by atoms with E-state index in [2.05, 4.69) is 5.32 Å². The molecule has 0 spiro atoms. The molecule has 3 heteroatoms. The van der Waals surface area contributed by atoms with Crippen LogP contribution < -0.4 is 5.32 Å². The zero-order valence-electron chi connectivity index (χ0n) is 9.69. The monoisotopic (exact) mass is 219 g/mol. The highest BCUT2D eigenvalue weighted by molar-refractivity contribution is 5.89. The summed E-state index contributed by atoms with van der Waals surface area (Å²) in [7, 11) is 1.93. The molecule has 3 nitrogen and oxygen atoms in total. The first-order valence-electron chi connectivity index (χ1n) is 5.59. The van der Waals surface area contributed by atoms with Gasteiger partial charge in [0.15, 0.2) is 0 Å². The van der Waals surface area contributed by atoms with Gasteiger partial charge < -0.3 is 10.1 Å². The largest absolute Gasteiger partial charge is 0.456 e. The predicted octanol–water partition coefficient (Wildman–Crippen LogP) is 1.98. The van der Waals surface area contributed by atoms with Gasteiger partial charge in [-0.15, -0.1) is 0 Å². The molecule has 0 heterocycles. The van der Waals surface area contributed by atoms with E-state index in [9.17, 15) is 4.79 Å². The number of hydrogen-bond donors (Lipinski definition) is 1. The SMILES string of the molecule is CNC1CC(C)(OC(=O)c2ccccc2)C1. The van der Waals surface area contributed by atoms with Crippen molar-refractivity contribution in [3.8, 4) is 0 Å². The molecule has 0 aliphatic heterocycles. The minimum absolute atomic E-state index is 0.224. The second-order valence-electron chi connectivity index (χ2n) is 4.60. The van der Waals surface area contributed by atoms with Crippen LogP contribution in [0.15, 0.2) is 30.3 Å². The molecule has 86 valence electrons. The van der Waals surface area contributed by atoms with Crippen LogP contribution in [0.2, 0.25) is 0 Å². The average Bonchev–Trinajstić information content (AvgIpc) is 2.26. The average molecular weight is 219 g/mol. The standard InChI is InChI=1S/C13H17NO2/c1-13(8-11(9-13)14-2)16-12(15)10-6-4-3-5-7-10/h3-7,11,14H,8-9H2,1-2H3. The Hall–Kier alpha value is -1.35. The third-order valence-corrected chi connectivity index (χ3v) is 3.11. The van der Waals surface area contributed by atoms with Crippen LogP contribution in [0.25, 0.3) is 0 Å². The van der Waals surface area contributed by atoms with Gasteiger partial charge in [0.2, 0.25) is 0 Å². The Labute approximate surface area is 95.8 Å². The number of nitrogens with one attached hydrogen (secondary N) is 1. The number of ether oxygens (including phenoxy) is 1. The molecule has 0 radical (unpaired) electrons. The fourth-order valence-electron chi connectivity index (χ4n) is 2.13. The Morgan fingerprint density at radius 1 is 1.38 bits per heavy atom. The van der Waals surface area contributed by atoms with Crippen molar-refractivity contribution in [2.75, 3.05) is 7.05 Å². The molecular formula is C13H17NO2. The summed E-state index contributed by atoms with van der Waals surface area (Å²) in [6.07, 6.45) is 1.78. The van der Waals surface area contributed by atoms with Crippen LogP contribution in [0.1, 0.15) is 30.1 Å². The van der Waals surface area contributed by atoms with Crippen molar-refractivity contribution in [3.63, 3.8) is 0 Å². The van der Waals surface area contributed by atoms with E-state index in [1.807, 2.05) is 32.2 Å². The minimum Gasteiger partial charge on any atom is -0.456 e. The summed E-state index contributed by atoms with van der Waals surface area (Å²) < 4.78 is 5.51. The molecule has 1 saturated carbocycles. The fourth-order valence-corrected chi connectivity index (χ4v) is 2.13. The maximum Gasteiger partial charge on any atom is 0.338 e. The van der Waals surface area contributed by atoms with E-state index in [0.29, 0.717) is 11.6 Å². The molecule has 0 amide bonds. The normalized spacial score (nSPS) is 28.2. The molecule has 0 bridgehead atoms. The van der Waals surface area contributed by atoms with E-state index in [-0.39, 0.29) is 11.6 Å². The number of carbonyl (C=O) groups excluding carboxylic acids is 1. The summed E-state index contributed by atoms with van der Waals surface area (Å²) in [5.41, 5.74) is 0.331. The molecule has 1 aliphatic rings. The van der Waals surface area contributed by atoms with Crippen molar-refractivity contribution in [1.29, 1.82) is 0 Å². The van der Waals surface area contributed by atoms with Crippen molar-refractivity contribution >= 4 is 5.97 Å². The molecule has 0 aromatic heterocycles. The second kappa shape index (κ2) is 4.26. The van der Waals surface area contributed by atoms with E-state index in [1.54, 1.807) is 12.1 Å². The van der Waals surface area contributed by atoms with E-state index in [0.717, 1.165) is 12.8 Å². The van der Waals surface area contributed by atoms with Crippen LogP contribution in [0, 0.1) is 0 Å². The van der Waals surface area contributed by atoms with Gasteiger partial charge in [-0.2, -0.15) is 0 Å². The predicted molar refractivity (Wildman–Crippen MR) is 62.3 cm³/mol. The Bertz CT molecular complexity index is 369. The number of hydrogen-bond acceptors (Lipinski definition) is 3. The highest BCUT2D eigenvalue weighted by Gasteiger charge is 2.42. The lowest BCUT2D eigenvalue weighted by Gasteiger charge is -2.44. The lowest BCUT2D eigenvalue weighted by Crippen LogP contribution is -2.53. The first-order valence-corrected chi connectivity index (χ1v) is 5.59. The number of rotatable bonds is 3. The second-order valence-corrected chi connectivity index (χ2v) is 4.60. The van der Waals surface area contributed by atoms with Gasteiger partial charge in [-0.1, -0.05) is 18.2 Å². The van der Waals surface area contributed by atoms with Gasteiger partial charge in [0.05, 0.1) is 5.56 Å². The van der Waals surface area contributed by atoms with Gasteiger partial charge in [0, 0.05) is 18.9 Å². The Morgan fingerprint density at radius 2 is 2.00 bits per heavy atom. The van der Waals surface area contributed by atoms with E-state index in [4.69, 9.17) is 4.74 Å². The molecule has 0 atom stereocenters. The molecule has 1 aromatic rings. The molecule has 16 heavy (non-hydrogen) atoms. The summed E-state index contributed by atoms with van der Waals surface area (Å²) in [5.74, 6) is -0.224. The molecule has 1 aliphatic carbocycles. The molecular weight excluding hydrogens is 202 g/mol. The summed E-state index contributed by atoms with van der Waals surface area (Å²) in [4.78, 5) is 11.8. The van der Waals surface area contributed by atoms with Gasteiger partial charge >= 0.3 is 5.97 Å². The number of esters is 1. The topological polar surface area (TPSA) is 38.3 Å². The fraction of sp³-hybridized carbons (Fsp3) is 0.462. The van der Waals surface area contributed by atoms with Crippen LogP contribution in [-0.4, -0.2) is 24.7 Å². The minimum atomic E-state index is -0.291. The molecule has 1 fully saturated rings. The summed E-state index contributed by atoms with van der Waals surface area (Å²) in [6, 6.07) is 9.61. The van der Waals surface area contributed by atoms with Crippen molar-refractivity contribution in [3.05, 3.63) is 35.9 Å². The lowest BCUT2D eigenvalue weighted by atomic mass is 9.77. The highest BCUT2D eigenvalue weighted by atomic mass is 16.6. The molecule has 0 saturated heterocycles. The number of benzene rings is 1.